The van der Waals surface area contributed by atoms with Gasteiger partial charge < -0.3 is 11.1 Å². The number of halogens is 1. The van der Waals surface area contributed by atoms with Crippen LogP contribution in [0.25, 0.3) is 0 Å². The summed E-state index contributed by atoms with van der Waals surface area (Å²) < 4.78 is 0. The zero-order chi connectivity index (χ0) is 13.5. The van der Waals surface area contributed by atoms with Crippen LogP contribution < -0.4 is 11.1 Å². The van der Waals surface area contributed by atoms with Crippen LogP contribution in [0.3, 0.4) is 0 Å². The van der Waals surface area contributed by atoms with Crippen LogP contribution in [-0.2, 0) is 4.79 Å². The fraction of sp³-hybridized carbons (Fsp3) is 0.462. The van der Waals surface area contributed by atoms with Crippen LogP contribution in [-0.4, -0.2) is 16.9 Å². The van der Waals surface area contributed by atoms with E-state index in [2.05, 4.69) is 19.2 Å². The standard InChI is InChI=1S/C13H19ClN2OS/c1-3-9(2)18-7-6-13(17)16-12-5-4-10(15)8-11(12)14/h4-5,8-9H,3,6-7,15H2,1-2H3,(H,16,17). The normalized spacial score (nSPS) is 12.2. The average Bonchev–Trinajstić information content (AvgIpc) is 2.32. The summed E-state index contributed by atoms with van der Waals surface area (Å²) in [6.07, 6.45) is 1.62. The molecule has 0 fully saturated rings. The quantitative estimate of drug-likeness (QED) is 0.783. The van der Waals surface area contributed by atoms with E-state index >= 15 is 0 Å². The molecule has 0 aliphatic heterocycles. The van der Waals surface area contributed by atoms with E-state index in [0.717, 1.165) is 12.2 Å². The summed E-state index contributed by atoms with van der Waals surface area (Å²) >= 11 is 7.79. The van der Waals surface area contributed by atoms with Gasteiger partial charge in [-0.2, -0.15) is 11.8 Å². The molecule has 1 amide bonds. The maximum atomic E-state index is 11.7. The van der Waals surface area contributed by atoms with Gasteiger partial charge in [0.25, 0.3) is 0 Å². The number of nitrogens with one attached hydrogen (secondary N) is 1. The minimum Gasteiger partial charge on any atom is -0.399 e. The first kappa shape index (κ1) is 15.2. The predicted octanol–water partition coefficient (Wildman–Crippen LogP) is 3.78. The molecule has 0 saturated carbocycles. The molecule has 0 aromatic heterocycles. The molecule has 1 rings (SSSR count). The molecule has 18 heavy (non-hydrogen) atoms. The van der Waals surface area contributed by atoms with Gasteiger partial charge in [0.15, 0.2) is 0 Å². The lowest BCUT2D eigenvalue weighted by Crippen LogP contribution is -2.13. The van der Waals surface area contributed by atoms with Gasteiger partial charge >= 0.3 is 0 Å². The highest BCUT2D eigenvalue weighted by Crippen LogP contribution is 2.24. The van der Waals surface area contributed by atoms with E-state index in [9.17, 15) is 4.79 Å². The van der Waals surface area contributed by atoms with Crippen molar-refractivity contribution in [3.8, 4) is 0 Å². The molecular formula is C13H19ClN2OS. The fourth-order valence-electron chi connectivity index (χ4n) is 1.32. The van der Waals surface area contributed by atoms with Gasteiger partial charge in [-0.15, -0.1) is 0 Å². The SMILES string of the molecule is CCC(C)SCCC(=O)Nc1ccc(N)cc1Cl. The molecule has 3 nitrogen and oxygen atoms in total. The molecule has 100 valence electrons. The number of hydrogen-bond acceptors (Lipinski definition) is 3. The van der Waals surface area contributed by atoms with Crippen molar-refractivity contribution in [2.24, 2.45) is 0 Å². The molecule has 3 N–H and O–H groups in total. The van der Waals surface area contributed by atoms with Crippen LogP contribution in [0.5, 0.6) is 0 Å². The van der Waals surface area contributed by atoms with E-state index in [4.69, 9.17) is 17.3 Å². The molecule has 1 atom stereocenters. The first-order valence-corrected chi connectivity index (χ1v) is 7.42. The zero-order valence-corrected chi connectivity index (χ0v) is 12.3. The molecule has 1 unspecified atom stereocenters. The van der Waals surface area contributed by atoms with E-state index in [0.29, 0.717) is 28.1 Å². The third-order valence-corrected chi connectivity index (χ3v) is 4.23. The summed E-state index contributed by atoms with van der Waals surface area (Å²) in [5.74, 6) is 0.811. The summed E-state index contributed by atoms with van der Waals surface area (Å²) in [5.41, 5.74) is 6.79. The third-order valence-electron chi connectivity index (χ3n) is 2.57. The smallest absolute Gasteiger partial charge is 0.225 e. The molecule has 0 bridgehead atoms. The Labute approximate surface area is 117 Å². The van der Waals surface area contributed by atoms with Crippen LogP contribution in [0.4, 0.5) is 11.4 Å². The lowest BCUT2D eigenvalue weighted by molar-refractivity contribution is -0.115. The van der Waals surface area contributed by atoms with Crippen molar-refractivity contribution in [3.63, 3.8) is 0 Å². The first-order chi connectivity index (χ1) is 8.52. The highest BCUT2D eigenvalue weighted by atomic mass is 35.5. The summed E-state index contributed by atoms with van der Waals surface area (Å²) in [5, 5.41) is 3.85. The van der Waals surface area contributed by atoms with Crippen molar-refractivity contribution in [2.45, 2.75) is 31.9 Å². The Morgan fingerprint density at radius 1 is 1.56 bits per heavy atom. The molecule has 0 radical (unpaired) electrons. The zero-order valence-electron chi connectivity index (χ0n) is 10.7. The van der Waals surface area contributed by atoms with E-state index < -0.39 is 0 Å². The minimum atomic E-state index is -0.0162. The fourth-order valence-corrected chi connectivity index (χ4v) is 2.49. The van der Waals surface area contributed by atoms with Crippen LogP contribution in [0.2, 0.25) is 5.02 Å². The Balaban J connectivity index is 2.40. The second-order valence-corrected chi connectivity index (χ2v) is 6.08. The Morgan fingerprint density at radius 2 is 2.28 bits per heavy atom. The number of nitrogen functional groups attached to an aromatic ring is 1. The second-order valence-electron chi connectivity index (χ2n) is 4.13. The molecule has 0 aliphatic rings. The van der Waals surface area contributed by atoms with E-state index in [1.54, 1.807) is 18.2 Å². The highest BCUT2D eigenvalue weighted by Gasteiger charge is 2.07. The Hall–Kier alpha value is -0.870. The monoisotopic (exact) mass is 286 g/mol. The number of nitrogens with two attached hydrogens (primary N) is 1. The Morgan fingerprint density at radius 3 is 2.89 bits per heavy atom. The summed E-state index contributed by atoms with van der Waals surface area (Å²) in [6, 6.07) is 5.07. The number of benzene rings is 1. The number of anilines is 2. The largest absolute Gasteiger partial charge is 0.399 e. The van der Waals surface area contributed by atoms with Crippen LogP contribution in [0, 0.1) is 0 Å². The maximum absolute atomic E-state index is 11.7. The Bertz CT molecular complexity index is 412. The molecule has 0 heterocycles. The van der Waals surface area contributed by atoms with Crippen molar-refractivity contribution in [1.82, 2.24) is 0 Å². The van der Waals surface area contributed by atoms with E-state index in [1.807, 2.05) is 11.8 Å². The summed E-state index contributed by atoms with van der Waals surface area (Å²) in [4.78, 5) is 11.7. The molecule has 0 saturated heterocycles. The molecule has 1 aromatic rings. The first-order valence-electron chi connectivity index (χ1n) is 5.99. The lowest BCUT2D eigenvalue weighted by Gasteiger charge is -2.09. The molecule has 0 aliphatic carbocycles. The van der Waals surface area contributed by atoms with E-state index in [1.165, 1.54) is 0 Å². The molecule has 0 spiro atoms. The van der Waals surface area contributed by atoms with Gasteiger partial charge in [-0.1, -0.05) is 25.4 Å². The molecular weight excluding hydrogens is 268 g/mol. The van der Waals surface area contributed by atoms with Gasteiger partial charge in [-0.3, -0.25) is 4.79 Å². The predicted molar refractivity (Wildman–Crippen MR) is 81.3 cm³/mol. The lowest BCUT2D eigenvalue weighted by atomic mass is 10.3. The number of amides is 1. The number of hydrogen-bond donors (Lipinski definition) is 2. The van der Waals surface area contributed by atoms with Crippen LogP contribution in [0.1, 0.15) is 26.7 Å². The summed E-state index contributed by atoms with van der Waals surface area (Å²) in [7, 11) is 0. The van der Waals surface area contributed by atoms with Crippen molar-refractivity contribution >= 4 is 40.6 Å². The minimum absolute atomic E-state index is 0.0162. The number of carbonyl (C=O) groups excluding carboxylic acids is 1. The van der Waals surface area contributed by atoms with E-state index in [-0.39, 0.29) is 5.91 Å². The van der Waals surface area contributed by atoms with Crippen molar-refractivity contribution in [1.29, 1.82) is 0 Å². The van der Waals surface area contributed by atoms with Gasteiger partial charge in [0, 0.05) is 23.1 Å². The topological polar surface area (TPSA) is 55.1 Å². The third kappa shape index (κ3) is 5.19. The van der Waals surface area contributed by atoms with Crippen molar-refractivity contribution in [3.05, 3.63) is 23.2 Å². The maximum Gasteiger partial charge on any atom is 0.225 e. The second kappa shape index (κ2) is 7.54. The Kier molecular flexibility index (Phi) is 6.36. The number of carbonyl (C=O) groups is 1. The van der Waals surface area contributed by atoms with Gasteiger partial charge in [-0.05, 0) is 24.6 Å². The van der Waals surface area contributed by atoms with Gasteiger partial charge in [0.1, 0.15) is 0 Å². The van der Waals surface area contributed by atoms with Crippen LogP contribution in [0.15, 0.2) is 18.2 Å². The number of thioether (sulfide) groups is 1. The van der Waals surface area contributed by atoms with Gasteiger partial charge in [-0.25, -0.2) is 0 Å². The van der Waals surface area contributed by atoms with Crippen molar-refractivity contribution < 1.29 is 4.79 Å². The van der Waals surface area contributed by atoms with Crippen LogP contribution >= 0.6 is 23.4 Å². The number of rotatable bonds is 6. The van der Waals surface area contributed by atoms with Gasteiger partial charge in [0.2, 0.25) is 5.91 Å². The highest BCUT2D eigenvalue weighted by molar-refractivity contribution is 7.99. The van der Waals surface area contributed by atoms with Crippen molar-refractivity contribution in [2.75, 3.05) is 16.8 Å². The molecule has 1 aromatic carbocycles. The average molecular weight is 287 g/mol. The summed E-state index contributed by atoms with van der Waals surface area (Å²) in [6.45, 7) is 4.31. The van der Waals surface area contributed by atoms with Gasteiger partial charge in [0.05, 0.1) is 10.7 Å². The molecule has 5 heteroatoms.